The lowest BCUT2D eigenvalue weighted by Crippen LogP contribution is -2.32. The van der Waals surface area contributed by atoms with E-state index >= 15 is 0 Å². The molecule has 4 rings (SSSR count). The van der Waals surface area contributed by atoms with Crippen LogP contribution in [0, 0.1) is 5.41 Å². The predicted molar refractivity (Wildman–Crippen MR) is 122 cm³/mol. The Bertz CT molecular complexity index is 998. The number of aromatic nitrogens is 1. The molecule has 7 nitrogen and oxygen atoms in total. The molecule has 0 unspecified atom stereocenters. The van der Waals surface area contributed by atoms with Crippen molar-refractivity contribution >= 4 is 45.7 Å². The summed E-state index contributed by atoms with van der Waals surface area (Å²) in [6.45, 7) is 4.83. The Balaban J connectivity index is 1.43. The summed E-state index contributed by atoms with van der Waals surface area (Å²) >= 11 is 7.59. The number of esters is 2. The molecule has 1 aromatic heterocycles. The van der Waals surface area contributed by atoms with Gasteiger partial charge in [0.2, 0.25) is 0 Å². The molecular formula is C23H27ClN2O5S. The van der Waals surface area contributed by atoms with Crippen LogP contribution in [0.5, 0.6) is 0 Å². The fraction of sp³-hybridized carbons (Fsp3) is 0.522. The summed E-state index contributed by atoms with van der Waals surface area (Å²) in [6.07, 6.45) is 3.20. The molecule has 172 valence electrons. The molecule has 3 heterocycles. The van der Waals surface area contributed by atoms with Gasteiger partial charge in [0.15, 0.2) is 16.1 Å². The van der Waals surface area contributed by atoms with Gasteiger partial charge < -0.3 is 19.5 Å². The molecule has 2 fully saturated rings. The summed E-state index contributed by atoms with van der Waals surface area (Å²) in [5.74, 6) is -1.08. The summed E-state index contributed by atoms with van der Waals surface area (Å²) in [4.78, 5) is 30.2. The fourth-order valence-corrected chi connectivity index (χ4v) is 5.26. The van der Waals surface area contributed by atoms with Crippen LogP contribution in [0.15, 0.2) is 29.6 Å². The van der Waals surface area contributed by atoms with Crippen LogP contribution < -0.4 is 5.32 Å². The molecule has 3 atom stereocenters. The summed E-state index contributed by atoms with van der Waals surface area (Å²) < 4.78 is 16.9. The first-order valence-electron chi connectivity index (χ1n) is 10.9. The van der Waals surface area contributed by atoms with E-state index in [0.717, 1.165) is 24.9 Å². The average Bonchev–Trinajstić information content (AvgIpc) is 3.42. The third-order valence-corrected chi connectivity index (χ3v) is 7.03. The zero-order valence-corrected chi connectivity index (χ0v) is 19.8. The summed E-state index contributed by atoms with van der Waals surface area (Å²) in [6, 6.07) is 7.37. The topological polar surface area (TPSA) is 86.8 Å². The minimum Gasteiger partial charge on any atom is -0.459 e. The zero-order chi connectivity index (χ0) is 22.8. The van der Waals surface area contributed by atoms with Gasteiger partial charge in [-0.05, 0) is 25.5 Å². The maximum Gasteiger partial charge on any atom is 0.324 e. The minimum absolute atomic E-state index is 0.194. The molecule has 0 radical (unpaired) electrons. The highest BCUT2D eigenvalue weighted by molar-refractivity contribution is 7.13. The van der Waals surface area contributed by atoms with E-state index in [1.54, 1.807) is 13.0 Å². The van der Waals surface area contributed by atoms with Crippen LogP contribution >= 0.6 is 22.9 Å². The number of anilines is 2. The van der Waals surface area contributed by atoms with E-state index in [1.807, 2.05) is 23.6 Å². The molecule has 0 bridgehead atoms. The standard InChI is InChI=1S/C23H27ClN2O5S/c1-3-4-7-10-29-12-15-11-23(19(27)30-15)14-22(2,31-20(23)28)18-13-32-21(26-18)25-17-9-6-5-8-16(17)24/h5-6,8-9,13,15H,3-4,7,10-12,14H2,1-2H3,(H,25,26)/t15-,22+,23+/m0/s1. The summed E-state index contributed by atoms with van der Waals surface area (Å²) in [5.41, 5.74) is -0.980. The number of para-hydroxylation sites is 1. The number of ether oxygens (including phenoxy) is 3. The molecule has 0 saturated carbocycles. The molecular weight excluding hydrogens is 452 g/mol. The zero-order valence-electron chi connectivity index (χ0n) is 18.2. The number of unbranched alkanes of at least 4 members (excludes halogenated alkanes) is 2. The van der Waals surface area contributed by atoms with Gasteiger partial charge in [0.1, 0.15) is 6.10 Å². The largest absolute Gasteiger partial charge is 0.459 e. The number of hydrogen-bond acceptors (Lipinski definition) is 8. The van der Waals surface area contributed by atoms with Crippen LogP contribution in [-0.4, -0.2) is 36.2 Å². The van der Waals surface area contributed by atoms with E-state index in [9.17, 15) is 9.59 Å². The third kappa shape index (κ3) is 4.49. The third-order valence-electron chi connectivity index (χ3n) is 5.95. The van der Waals surface area contributed by atoms with E-state index < -0.39 is 29.1 Å². The first-order chi connectivity index (χ1) is 15.4. The molecule has 32 heavy (non-hydrogen) atoms. The number of hydrogen-bond donors (Lipinski definition) is 1. The second kappa shape index (κ2) is 9.37. The second-order valence-electron chi connectivity index (χ2n) is 8.54. The molecule has 1 spiro atoms. The van der Waals surface area contributed by atoms with Crippen LogP contribution in [0.3, 0.4) is 0 Å². The Kier molecular flexibility index (Phi) is 6.74. The van der Waals surface area contributed by atoms with Gasteiger partial charge in [-0.25, -0.2) is 4.98 Å². The van der Waals surface area contributed by atoms with E-state index in [0.29, 0.717) is 29.1 Å². The molecule has 1 aromatic carbocycles. The van der Waals surface area contributed by atoms with Crippen molar-refractivity contribution in [2.45, 2.75) is 57.7 Å². The van der Waals surface area contributed by atoms with Crippen LogP contribution in [0.2, 0.25) is 5.02 Å². The first-order valence-corrected chi connectivity index (χ1v) is 12.1. The molecule has 2 aliphatic heterocycles. The minimum atomic E-state index is -1.30. The van der Waals surface area contributed by atoms with Gasteiger partial charge in [0.25, 0.3) is 0 Å². The van der Waals surface area contributed by atoms with Crippen molar-refractivity contribution in [1.29, 1.82) is 0 Å². The van der Waals surface area contributed by atoms with Crippen molar-refractivity contribution in [3.8, 4) is 0 Å². The summed E-state index contributed by atoms with van der Waals surface area (Å²) in [5, 5.41) is 6.22. The Hall–Kier alpha value is -2.16. The number of carbonyl (C=O) groups excluding carboxylic acids is 2. The molecule has 2 aromatic rings. The highest BCUT2D eigenvalue weighted by atomic mass is 35.5. The molecule has 2 saturated heterocycles. The van der Waals surface area contributed by atoms with Crippen LogP contribution in [0.1, 0.15) is 51.6 Å². The molecule has 0 amide bonds. The Labute approximate surface area is 196 Å². The van der Waals surface area contributed by atoms with Gasteiger partial charge in [-0.1, -0.05) is 43.5 Å². The molecule has 9 heteroatoms. The van der Waals surface area contributed by atoms with Crippen LogP contribution in [0.4, 0.5) is 10.8 Å². The number of carbonyl (C=O) groups is 2. The molecule has 0 aliphatic carbocycles. The number of benzene rings is 1. The van der Waals surface area contributed by atoms with E-state index in [4.69, 9.17) is 25.8 Å². The average molecular weight is 479 g/mol. The Morgan fingerprint density at radius 3 is 2.88 bits per heavy atom. The van der Waals surface area contributed by atoms with Crippen molar-refractivity contribution in [2.24, 2.45) is 5.41 Å². The highest BCUT2D eigenvalue weighted by Crippen LogP contribution is 2.52. The summed E-state index contributed by atoms with van der Waals surface area (Å²) in [7, 11) is 0. The quantitative estimate of drug-likeness (QED) is 0.300. The van der Waals surface area contributed by atoms with Crippen molar-refractivity contribution < 1.29 is 23.8 Å². The smallest absolute Gasteiger partial charge is 0.324 e. The predicted octanol–water partition coefficient (Wildman–Crippen LogP) is 5.21. The number of thiazole rings is 1. The fourth-order valence-electron chi connectivity index (χ4n) is 4.23. The van der Waals surface area contributed by atoms with Gasteiger partial charge >= 0.3 is 11.9 Å². The number of halogens is 1. The second-order valence-corrected chi connectivity index (χ2v) is 9.80. The monoisotopic (exact) mass is 478 g/mol. The highest BCUT2D eigenvalue weighted by Gasteiger charge is 2.65. The van der Waals surface area contributed by atoms with Crippen molar-refractivity contribution in [2.75, 3.05) is 18.5 Å². The van der Waals surface area contributed by atoms with Gasteiger partial charge in [0, 0.05) is 24.8 Å². The van der Waals surface area contributed by atoms with Gasteiger partial charge in [-0.15, -0.1) is 11.3 Å². The lowest BCUT2D eigenvalue weighted by Gasteiger charge is -2.20. The van der Waals surface area contributed by atoms with Gasteiger partial charge in [0.05, 0.1) is 23.0 Å². The Morgan fingerprint density at radius 2 is 2.09 bits per heavy atom. The maximum atomic E-state index is 12.9. The van der Waals surface area contributed by atoms with Crippen LogP contribution in [0.25, 0.3) is 0 Å². The van der Waals surface area contributed by atoms with E-state index in [2.05, 4.69) is 17.2 Å². The van der Waals surface area contributed by atoms with Crippen molar-refractivity contribution in [1.82, 2.24) is 4.98 Å². The number of nitrogens with zero attached hydrogens (tertiary/aromatic N) is 1. The van der Waals surface area contributed by atoms with E-state index in [-0.39, 0.29) is 12.8 Å². The number of rotatable bonds is 9. The maximum absolute atomic E-state index is 12.9. The van der Waals surface area contributed by atoms with Gasteiger partial charge in [-0.3, -0.25) is 9.59 Å². The normalized spacial score (nSPS) is 27.0. The van der Waals surface area contributed by atoms with E-state index in [1.165, 1.54) is 11.3 Å². The first kappa shape index (κ1) is 23.0. The lowest BCUT2D eigenvalue weighted by molar-refractivity contribution is -0.160. The van der Waals surface area contributed by atoms with Crippen molar-refractivity contribution in [3.63, 3.8) is 0 Å². The van der Waals surface area contributed by atoms with Gasteiger partial charge in [-0.2, -0.15) is 0 Å². The Morgan fingerprint density at radius 1 is 1.28 bits per heavy atom. The number of nitrogens with one attached hydrogen (secondary N) is 1. The molecule has 2 aliphatic rings. The van der Waals surface area contributed by atoms with Crippen LogP contribution in [-0.2, 0) is 29.4 Å². The lowest BCUT2D eigenvalue weighted by atomic mass is 9.78. The SMILES string of the molecule is CCCCCOC[C@@H]1C[C@@]2(C[C@](C)(c3csc(Nc4ccccc4Cl)n3)OC2=O)C(=O)O1. The molecule has 1 N–H and O–H groups in total. The van der Waals surface area contributed by atoms with Crippen molar-refractivity contribution in [3.05, 3.63) is 40.4 Å². The number of cyclic esters (lactones) is 2.